The molecule has 4 heteroatoms. The average Bonchev–Trinajstić information content (AvgIpc) is 2.84. The van der Waals surface area contributed by atoms with Crippen LogP contribution in [0.15, 0.2) is 24.3 Å². The van der Waals surface area contributed by atoms with E-state index in [1.54, 1.807) is 0 Å². The van der Waals surface area contributed by atoms with E-state index in [1.165, 1.54) is 17.8 Å². The number of carbonyl (C=O) groups is 1. The fourth-order valence-corrected chi connectivity index (χ4v) is 4.44. The van der Waals surface area contributed by atoms with Crippen LogP contribution in [0.3, 0.4) is 0 Å². The van der Waals surface area contributed by atoms with Crippen molar-refractivity contribution in [1.29, 1.82) is 0 Å². The number of halogens is 1. The molecule has 1 saturated heterocycles. The number of thiophene rings is 1. The number of piperidine rings is 1. The highest BCUT2D eigenvalue weighted by molar-refractivity contribution is 7.21. The molecule has 2 heterocycles. The first-order valence-electron chi connectivity index (χ1n) is 7.20. The van der Waals surface area contributed by atoms with Gasteiger partial charge in [0.25, 0.3) is 5.91 Å². The normalized spacial score (nSPS) is 19.5. The molecule has 1 amide bonds. The van der Waals surface area contributed by atoms with Crippen LogP contribution in [-0.4, -0.2) is 23.4 Å². The van der Waals surface area contributed by atoms with Crippen LogP contribution < -0.4 is 0 Å². The second-order valence-electron chi connectivity index (χ2n) is 5.30. The Morgan fingerprint density at radius 1 is 1.40 bits per heavy atom. The molecule has 3 rings (SSSR count). The van der Waals surface area contributed by atoms with Crippen molar-refractivity contribution < 1.29 is 4.79 Å². The Hall–Kier alpha value is -1.06. The van der Waals surface area contributed by atoms with Gasteiger partial charge in [-0.2, -0.15) is 0 Å². The first-order valence-corrected chi connectivity index (χ1v) is 8.39. The fraction of sp³-hybridized carbons (Fsp3) is 0.438. The molecular formula is C16H18ClNOS. The van der Waals surface area contributed by atoms with Crippen LogP contribution in [0.5, 0.6) is 0 Å². The van der Waals surface area contributed by atoms with Crippen molar-refractivity contribution in [3.63, 3.8) is 0 Å². The Bertz CT molecular complexity index is 636. The van der Waals surface area contributed by atoms with E-state index in [0.717, 1.165) is 35.9 Å². The first kappa shape index (κ1) is 13.9. The summed E-state index contributed by atoms with van der Waals surface area (Å²) in [6.45, 7) is 3.02. The SMILES string of the molecule is CCC1CCCCN1C(=O)c1sc2ccccc2c1Cl. The molecule has 1 fully saturated rings. The summed E-state index contributed by atoms with van der Waals surface area (Å²) in [5.74, 6) is 0.114. The first-order chi connectivity index (χ1) is 9.72. The Kier molecular flexibility index (Phi) is 3.99. The van der Waals surface area contributed by atoms with E-state index in [9.17, 15) is 4.79 Å². The average molecular weight is 308 g/mol. The molecule has 0 saturated carbocycles. The maximum absolute atomic E-state index is 12.8. The van der Waals surface area contributed by atoms with Crippen molar-refractivity contribution in [2.75, 3.05) is 6.54 Å². The van der Waals surface area contributed by atoms with Gasteiger partial charge in [-0.1, -0.05) is 36.7 Å². The van der Waals surface area contributed by atoms with Crippen LogP contribution in [0.4, 0.5) is 0 Å². The quantitative estimate of drug-likeness (QED) is 0.768. The van der Waals surface area contributed by atoms with E-state index in [4.69, 9.17) is 11.6 Å². The summed E-state index contributed by atoms with van der Waals surface area (Å²) in [4.78, 5) is 15.5. The Morgan fingerprint density at radius 2 is 2.20 bits per heavy atom. The third kappa shape index (κ3) is 2.33. The van der Waals surface area contributed by atoms with Gasteiger partial charge >= 0.3 is 0 Å². The molecule has 1 aromatic heterocycles. The summed E-state index contributed by atoms with van der Waals surface area (Å²) < 4.78 is 1.09. The molecule has 0 aliphatic carbocycles. The molecule has 0 N–H and O–H groups in total. The zero-order valence-corrected chi connectivity index (χ0v) is 13.1. The number of benzene rings is 1. The molecule has 20 heavy (non-hydrogen) atoms. The molecule has 0 bridgehead atoms. The maximum atomic E-state index is 12.8. The van der Waals surface area contributed by atoms with Gasteiger partial charge in [0.15, 0.2) is 0 Å². The van der Waals surface area contributed by atoms with Crippen molar-refractivity contribution in [3.05, 3.63) is 34.2 Å². The van der Waals surface area contributed by atoms with E-state index in [0.29, 0.717) is 15.9 Å². The van der Waals surface area contributed by atoms with Gasteiger partial charge < -0.3 is 4.90 Å². The van der Waals surface area contributed by atoms with E-state index in [1.807, 2.05) is 29.2 Å². The van der Waals surface area contributed by atoms with Gasteiger partial charge in [0.2, 0.25) is 0 Å². The van der Waals surface area contributed by atoms with Gasteiger partial charge in [-0.05, 0) is 31.7 Å². The van der Waals surface area contributed by atoms with Crippen molar-refractivity contribution in [3.8, 4) is 0 Å². The summed E-state index contributed by atoms with van der Waals surface area (Å²) in [5.41, 5.74) is 0. The van der Waals surface area contributed by atoms with Crippen LogP contribution in [0.1, 0.15) is 42.3 Å². The van der Waals surface area contributed by atoms with Crippen LogP contribution in [0.2, 0.25) is 5.02 Å². The van der Waals surface area contributed by atoms with Crippen molar-refractivity contribution in [1.82, 2.24) is 4.90 Å². The van der Waals surface area contributed by atoms with Crippen LogP contribution >= 0.6 is 22.9 Å². The van der Waals surface area contributed by atoms with Gasteiger partial charge in [-0.3, -0.25) is 4.79 Å². The number of rotatable bonds is 2. The standard InChI is InChI=1S/C16H18ClNOS/c1-2-11-7-5-6-10-18(11)16(19)15-14(17)12-8-3-4-9-13(12)20-15/h3-4,8-9,11H,2,5-7,10H2,1H3. The topological polar surface area (TPSA) is 20.3 Å². The Balaban J connectivity index is 1.97. The van der Waals surface area contributed by atoms with Crippen molar-refractivity contribution in [2.45, 2.75) is 38.6 Å². The molecular weight excluding hydrogens is 290 g/mol. The minimum Gasteiger partial charge on any atom is -0.335 e. The summed E-state index contributed by atoms with van der Waals surface area (Å²) in [7, 11) is 0. The molecule has 0 radical (unpaired) electrons. The number of hydrogen-bond donors (Lipinski definition) is 0. The smallest absolute Gasteiger partial charge is 0.265 e. The van der Waals surface area contributed by atoms with Crippen LogP contribution in [-0.2, 0) is 0 Å². The zero-order chi connectivity index (χ0) is 14.1. The highest BCUT2D eigenvalue weighted by atomic mass is 35.5. The number of likely N-dealkylation sites (tertiary alicyclic amines) is 1. The summed E-state index contributed by atoms with van der Waals surface area (Å²) in [6, 6.07) is 8.33. The lowest BCUT2D eigenvalue weighted by atomic mass is 10.00. The number of nitrogens with zero attached hydrogens (tertiary/aromatic N) is 1. The van der Waals surface area contributed by atoms with Crippen molar-refractivity contribution >= 4 is 38.9 Å². The lowest BCUT2D eigenvalue weighted by molar-refractivity contribution is 0.0613. The van der Waals surface area contributed by atoms with E-state index in [-0.39, 0.29) is 5.91 Å². The number of fused-ring (bicyclic) bond motifs is 1. The number of carbonyl (C=O) groups excluding carboxylic acids is 1. The lowest BCUT2D eigenvalue weighted by Crippen LogP contribution is -2.43. The summed E-state index contributed by atoms with van der Waals surface area (Å²) in [5, 5.41) is 1.61. The molecule has 1 atom stereocenters. The van der Waals surface area contributed by atoms with E-state index in [2.05, 4.69) is 6.92 Å². The van der Waals surface area contributed by atoms with E-state index < -0.39 is 0 Å². The summed E-state index contributed by atoms with van der Waals surface area (Å²) >= 11 is 7.94. The lowest BCUT2D eigenvalue weighted by Gasteiger charge is -2.35. The Morgan fingerprint density at radius 3 is 2.95 bits per heavy atom. The van der Waals surface area contributed by atoms with Gasteiger partial charge in [0.05, 0.1) is 5.02 Å². The zero-order valence-electron chi connectivity index (χ0n) is 11.6. The monoisotopic (exact) mass is 307 g/mol. The van der Waals surface area contributed by atoms with Crippen molar-refractivity contribution in [2.24, 2.45) is 0 Å². The summed E-state index contributed by atoms with van der Waals surface area (Å²) in [6.07, 6.45) is 4.46. The minimum absolute atomic E-state index is 0.114. The third-order valence-corrected chi connectivity index (χ3v) is 5.75. The van der Waals surface area contributed by atoms with Gasteiger partial charge in [-0.15, -0.1) is 11.3 Å². The molecule has 106 valence electrons. The van der Waals surface area contributed by atoms with Crippen LogP contribution in [0, 0.1) is 0 Å². The van der Waals surface area contributed by atoms with Gasteiger partial charge in [0, 0.05) is 22.7 Å². The van der Waals surface area contributed by atoms with Crippen LogP contribution in [0.25, 0.3) is 10.1 Å². The predicted molar refractivity (Wildman–Crippen MR) is 85.8 cm³/mol. The fourth-order valence-electron chi connectivity index (χ4n) is 2.97. The number of amides is 1. The molecule has 1 aliphatic rings. The molecule has 1 unspecified atom stereocenters. The minimum atomic E-state index is 0.114. The van der Waals surface area contributed by atoms with E-state index >= 15 is 0 Å². The van der Waals surface area contributed by atoms with Gasteiger partial charge in [0.1, 0.15) is 4.88 Å². The van der Waals surface area contributed by atoms with Gasteiger partial charge in [-0.25, -0.2) is 0 Å². The third-order valence-electron chi connectivity index (χ3n) is 4.09. The highest BCUT2D eigenvalue weighted by Crippen LogP contribution is 2.37. The Labute approximate surface area is 128 Å². The highest BCUT2D eigenvalue weighted by Gasteiger charge is 2.29. The largest absolute Gasteiger partial charge is 0.335 e. The second kappa shape index (κ2) is 5.74. The molecule has 1 aromatic carbocycles. The molecule has 0 spiro atoms. The predicted octanol–water partition coefficient (Wildman–Crippen LogP) is 4.96. The second-order valence-corrected chi connectivity index (χ2v) is 6.73. The molecule has 2 nitrogen and oxygen atoms in total. The molecule has 2 aromatic rings. The maximum Gasteiger partial charge on any atom is 0.265 e. The number of hydrogen-bond acceptors (Lipinski definition) is 2. The molecule has 1 aliphatic heterocycles.